The molecule has 0 bridgehead atoms. The van der Waals surface area contributed by atoms with Crippen LogP contribution in [-0.2, 0) is 0 Å². The summed E-state index contributed by atoms with van der Waals surface area (Å²) in [6.45, 7) is 0. The van der Waals surface area contributed by atoms with Crippen LogP contribution in [0.1, 0.15) is 0 Å². The van der Waals surface area contributed by atoms with Gasteiger partial charge in [-0.05, 0) is 0 Å². The minimum Gasteiger partial charge on any atom is -0.370 e. The van der Waals surface area contributed by atoms with Gasteiger partial charge in [-0.15, -0.1) is 11.3 Å². The molecule has 1 rings (SSSR count). The number of nitrogens with zero attached hydrogens (tertiary/aromatic N) is 2. The highest BCUT2D eigenvalue weighted by Crippen LogP contribution is 2.08. The van der Waals surface area contributed by atoms with Crippen LogP contribution in [-0.4, -0.2) is 18.0 Å². The molecular weight excluding hydrogens is 148 g/mol. The second-order valence-electron chi connectivity index (χ2n) is 1.57. The molecule has 1 heterocycles. The highest BCUT2D eigenvalue weighted by Gasteiger charge is 1.93. The maximum absolute atomic E-state index is 5.37. The average Bonchev–Trinajstić information content (AvgIpc) is 2.40. The normalized spacial score (nSPS) is 11.5. The molecule has 0 spiro atoms. The summed E-state index contributed by atoms with van der Waals surface area (Å²) in [7, 11) is 1.62. The standard InChI is InChI=1S/C5H8N4S/c1-7-4(6)9-5-8-2-3-10-5/h2-3H,1H3,(H3,6,7,8,9). The van der Waals surface area contributed by atoms with Crippen LogP contribution >= 0.6 is 11.3 Å². The van der Waals surface area contributed by atoms with Gasteiger partial charge in [0.15, 0.2) is 11.1 Å². The largest absolute Gasteiger partial charge is 0.370 e. The van der Waals surface area contributed by atoms with Crippen LogP contribution in [0.15, 0.2) is 16.6 Å². The Balaban J connectivity index is 2.56. The molecule has 0 unspecified atom stereocenters. The maximum atomic E-state index is 5.37. The average molecular weight is 156 g/mol. The van der Waals surface area contributed by atoms with Gasteiger partial charge in [-0.2, -0.15) is 0 Å². The Hall–Kier alpha value is -1.10. The number of nitrogens with one attached hydrogen (secondary N) is 1. The molecule has 0 amide bonds. The highest BCUT2D eigenvalue weighted by molar-refractivity contribution is 7.13. The SMILES string of the molecule is CN=C(N)Nc1nccs1. The van der Waals surface area contributed by atoms with Crippen molar-refractivity contribution in [2.45, 2.75) is 0 Å². The number of aromatic nitrogens is 1. The minimum absolute atomic E-state index is 0.384. The van der Waals surface area contributed by atoms with Crippen LogP contribution in [0.2, 0.25) is 0 Å². The van der Waals surface area contributed by atoms with Gasteiger partial charge in [-0.1, -0.05) is 0 Å². The van der Waals surface area contributed by atoms with E-state index < -0.39 is 0 Å². The van der Waals surface area contributed by atoms with Crippen molar-refractivity contribution in [2.24, 2.45) is 10.7 Å². The smallest absolute Gasteiger partial charge is 0.194 e. The first-order valence-electron chi connectivity index (χ1n) is 2.71. The van der Waals surface area contributed by atoms with E-state index >= 15 is 0 Å². The fourth-order valence-corrected chi connectivity index (χ4v) is 0.986. The zero-order valence-electron chi connectivity index (χ0n) is 5.53. The van der Waals surface area contributed by atoms with E-state index in [0.717, 1.165) is 5.13 Å². The number of aliphatic imine (C=N–C) groups is 1. The summed E-state index contributed by atoms with van der Waals surface area (Å²) in [5.41, 5.74) is 5.37. The number of anilines is 1. The van der Waals surface area contributed by atoms with E-state index in [1.54, 1.807) is 13.2 Å². The van der Waals surface area contributed by atoms with Crippen LogP contribution in [0.3, 0.4) is 0 Å². The zero-order valence-corrected chi connectivity index (χ0v) is 6.35. The van der Waals surface area contributed by atoms with Gasteiger partial charge in [0.25, 0.3) is 0 Å². The molecule has 0 saturated heterocycles. The Labute approximate surface area is 62.8 Å². The number of rotatable bonds is 1. The van der Waals surface area contributed by atoms with Crippen molar-refractivity contribution in [3.63, 3.8) is 0 Å². The number of nitrogens with two attached hydrogens (primary N) is 1. The van der Waals surface area contributed by atoms with Crippen molar-refractivity contribution in [3.8, 4) is 0 Å². The summed E-state index contributed by atoms with van der Waals surface area (Å²) >= 11 is 1.48. The van der Waals surface area contributed by atoms with Crippen molar-refractivity contribution in [2.75, 3.05) is 12.4 Å². The lowest BCUT2D eigenvalue weighted by atomic mass is 10.9. The molecule has 10 heavy (non-hydrogen) atoms. The molecular formula is C5H8N4S. The Morgan fingerprint density at radius 3 is 3.20 bits per heavy atom. The van der Waals surface area contributed by atoms with Crippen LogP contribution in [0.25, 0.3) is 0 Å². The first kappa shape index (κ1) is 7.01. The van der Waals surface area contributed by atoms with Gasteiger partial charge in [0, 0.05) is 18.6 Å². The molecule has 1 aromatic rings. The summed E-state index contributed by atoms with van der Waals surface area (Å²) in [5.74, 6) is 0.384. The lowest BCUT2D eigenvalue weighted by Gasteiger charge is -1.96. The van der Waals surface area contributed by atoms with E-state index in [0.29, 0.717) is 5.96 Å². The van der Waals surface area contributed by atoms with Crippen LogP contribution in [0.5, 0.6) is 0 Å². The second kappa shape index (κ2) is 3.17. The summed E-state index contributed by atoms with van der Waals surface area (Å²) in [5, 5.41) is 5.44. The summed E-state index contributed by atoms with van der Waals surface area (Å²) in [6, 6.07) is 0. The first-order chi connectivity index (χ1) is 4.83. The lowest BCUT2D eigenvalue weighted by molar-refractivity contribution is 1.35. The monoisotopic (exact) mass is 156 g/mol. The molecule has 0 saturated carbocycles. The zero-order chi connectivity index (χ0) is 7.40. The first-order valence-corrected chi connectivity index (χ1v) is 3.59. The minimum atomic E-state index is 0.384. The third-order valence-corrected chi connectivity index (χ3v) is 1.60. The predicted octanol–water partition coefficient (Wildman–Crippen LogP) is 0.499. The van der Waals surface area contributed by atoms with E-state index in [4.69, 9.17) is 5.73 Å². The van der Waals surface area contributed by atoms with E-state index in [-0.39, 0.29) is 0 Å². The Bertz CT molecular complexity index is 216. The molecule has 0 aliphatic heterocycles. The molecule has 5 heteroatoms. The van der Waals surface area contributed by atoms with Crippen LogP contribution < -0.4 is 11.1 Å². The number of hydrogen-bond acceptors (Lipinski definition) is 3. The number of thiazole rings is 1. The third-order valence-electron chi connectivity index (χ3n) is 0.908. The van der Waals surface area contributed by atoms with Crippen molar-refractivity contribution in [1.82, 2.24) is 4.98 Å². The quantitative estimate of drug-likeness (QED) is 0.459. The van der Waals surface area contributed by atoms with Gasteiger partial charge >= 0.3 is 0 Å². The Morgan fingerprint density at radius 1 is 1.90 bits per heavy atom. The van der Waals surface area contributed by atoms with Gasteiger partial charge in [0.1, 0.15) is 0 Å². The van der Waals surface area contributed by atoms with Crippen molar-refractivity contribution in [1.29, 1.82) is 0 Å². The van der Waals surface area contributed by atoms with Gasteiger partial charge < -0.3 is 11.1 Å². The van der Waals surface area contributed by atoms with Crippen LogP contribution in [0.4, 0.5) is 5.13 Å². The van der Waals surface area contributed by atoms with Crippen LogP contribution in [0, 0.1) is 0 Å². The Morgan fingerprint density at radius 2 is 2.70 bits per heavy atom. The molecule has 0 fully saturated rings. The van der Waals surface area contributed by atoms with E-state index in [1.165, 1.54) is 11.3 Å². The van der Waals surface area contributed by atoms with Gasteiger partial charge in [-0.3, -0.25) is 4.99 Å². The summed E-state index contributed by atoms with van der Waals surface area (Å²) in [6.07, 6.45) is 1.70. The molecule has 0 aliphatic carbocycles. The van der Waals surface area contributed by atoms with Crippen molar-refractivity contribution in [3.05, 3.63) is 11.6 Å². The fraction of sp³-hybridized carbons (Fsp3) is 0.200. The molecule has 0 atom stereocenters. The van der Waals surface area contributed by atoms with Crippen molar-refractivity contribution >= 4 is 22.4 Å². The molecule has 0 aromatic carbocycles. The number of hydrogen-bond donors (Lipinski definition) is 2. The fourth-order valence-electron chi connectivity index (χ4n) is 0.451. The van der Waals surface area contributed by atoms with E-state index in [9.17, 15) is 0 Å². The van der Waals surface area contributed by atoms with Gasteiger partial charge in [0.2, 0.25) is 0 Å². The van der Waals surface area contributed by atoms with Gasteiger partial charge in [0.05, 0.1) is 0 Å². The predicted molar refractivity (Wildman–Crippen MR) is 43.3 cm³/mol. The molecule has 54 valence electrons. The van der Waals surface area contributed by atoms with Crippen molar-refractivity contribution < 1.29 is 0 Å². The van der Waals surface area contributed by atoms with E-state index in [2.05, 4.69) is 15.3 Å². The molecule has 3 N–H and O–H groups in total. The second-order valence-corrected chi connectivity index (χ2v) is 2.47. The molecule has 0 radical (unpaired) electrons. The molecule has 1 aromatic heterocycles. The maximum Gasteiger partial charge on any atom is 0.194 e. The summed E-state index contributed by atoms with van der Waals surface area (Å²) < 4.78 is 0. The summed E-state index contributed by atoms with van der Waals surface area (Å²) in [4.78, 5) is 7.66. The third kappa shape index (κ3) is 1.70. The van der Waals surface area contributed by atoms with Gasteiger partial charge in [-0.25, -0.2) is 4.98 Å². The lowest BCUT2D eigenvalue weighted by Crippen LogP contribution is -2.21. The highest BCUT2D eigenvalue weighted by atomic mass is 32.1. The van der Waals surface area contributed by atoms with E-state index in [1.807, 2.05) is 5.38 Å². The topological polar surface area (TPSA) is 63.3 Å². The molecule has 4 nitrogen and oxygen atoms in total. The Kier molecular flexibility index (Phi) is 2.22. The number of guanidine groups is 1. The molecule has 0 aliphatic rings.